The summed E-state index contributed by atoms with van der Waals surface area (Å²) in [7, 11) is 0. The monoisotopic (exact) mass is 262 g/mol. The van der Waals surface area contributed by atoms with E-state index in [9.17, 15) is 9.90 Å². The minimum atomic E-state index is 0.0346. The summed E-state index contributed by atoms with van der Waals surface area (Å²) < 4.78 is 0. The highest BCUT2D eigenvalue weighted by Gasteiger charge is 2.22. The standard InChI is InChI=1S/C15H22N2O2/c1-12-5-2-3-10-17(12)15(19)16-9-8-13-6-4-7-14(18)11-13/h4,6-7,11-12,18H,2-3,5,8-10H2,1H3,(H,16,19). The number of carbonyl (C=O) groups is 1. The first-order chi connectivity index (χ1) is 9.16. The lowest BCUT2D eigenvalue weighted by Crippen LogP contribution is -2.47. The van der Waals surface area contributed by atoms with Crippen LogP contribution in [-0.2, 0) is 6.42 Å². The predicted molar refractivity (Wildman–Crippen MR) is 75.2 cm³/mol. The lowest BCUT2D eigenvalue weighted by atomic mass is 10.0. The Kier molecular flexibility index (Phi) is 4.66. The first-order valence-corrected chi connectivity index (χ1v) is 6.99. The molecule has 2 amide bonds. The summed E-state index contributed by atoms with van der Waals surface area (Å²) in [6.45, 7) is 3.57. The molecule has 1 aliphatic rings. The second kappa shape index (κ2) is 6.45. The van der Waals surface area contributed by atoms with E-state index in [4.69, 9.17) is 0 Å². The number of phenols is 1. The number of nitrogens with zero attached hydrogens (tertiary/aromatic N) is 1. The minimum Gasteiger partial charge on any atom is -0.508 e. The van der Waals surface area contributed by atoms with Crippen LogP contribution in [0.5, 0.6) is 5.75 Å². The normalized spacial score (nSPS) is 19.2. The van der Waals surface area contributed by atoms with E-state index in [1.54, 1.807) is 12.1 Å². The van der Waals surface area contributed by atoms with Gasteiger partial charge in [0.2, 0.25) is 0 Å². The van der Waals surface area contributed by atoms with E-state index in [1.165, 1.54) is 6.42 Å². The molecule has 2 rings (SSSR count). The Morgan fingerprint density at radius 2 is 2.32 bits per heavy atom. The quantitative estimate of drug-likeness (QED) is 0.879. The van der Waals surface area contributed by atoms with Gasteiger partial charge >= 0.3 is 6.03 Å². The van der Waals surface area contributed by atoms with E-state index in [-0.39, 0.29) is 11.8 Å². The number of aromatic hydroxyl groups is 1. The van der Waals surface area contributed by atoms with Gasteiger partial charge in [-0.1, -0.05) is 12.1 Å². The van der Waals surface area contributed by atoms with E-state index < -0.39 is 0 Å². The van der Waals surface area contributed by atoms with E-state index in [0.717, 1.165) is 31.4 Å². The van der Waals surface area contributed by atoms with Crippen LogP contribution >= 0.6 is 0 Å². The third kappa shape index (κ3) is 3.88. The molecule has 0 aliphatic carbocycles. The van der Waals surface area contributed by atoms with E-state index in [2.05, 4.69) is 12.2 Å². The summed E-state index contributed by atoms with van der Waals surface area (Å²) >= 11 is 0. The average Bonchev–Trinajstić information content (AvgIpc) is 2.39. The molecule has 2 N–H and O–H groups in total. The van der Waals surface area contributed by atoms with Crippen molar-refractivity contribution in [2.45, 2.75) is 38.6 Å². The van der Waals surface area contributed by atoms with Crippen molar-refractivity contribution in [3.63, 3.8) is 0 Å². The number of piperidine rings is 1. The molecule has 1 saturated heterocycles. The van der Waals surface area contributed by atoms with Crippen molar-refractivity contribution >= 4 is 6.03 Å². The minimum absolute atomic E-state index is 0.0346. The third-order valence-corrected chi connectivity index (χ3v) is 3.66. The van der Waals surface area contributed by atoms with E-state index >= 15 is 0 Å². The van der Waals surface area contributed by atoms with Gasteiger partial charge in [-0.2, -0.15) is 0 Å². The van der Waals surface area contributed by atoms with Gasteiger partial charge in [-0.3, -0.25) is 0 Å². The lowest BCUT2D eigenvalue weighted by Gasteiger charge is -2.33. The predicted octanol–water partition coefficient (Wildman–Crippen LogP) is 2.52. The first-order valence-electron chi connectivity index (χ1n) is 6.99. The van der Waals surface area contributed by atoms with E-state index in [0.29, 0.717) is 12.6 Å². The number of carbonyl (C=O) groups excluding carboxylic acids is 1. The van der Waals surface area contributed by atoms with Gasteiger partial charge in [0.05, 0.1) is 0 Å². The van der Waals surface area contributed by atoms with Gasteiger partial charge < -0.3 is 15.3 Å². The summed E-state index contributed by atoms with van der Waals surface area (Å²) in [5.41, 5.74) is 1.03. The van der Waals surface area contributed by atoms with Gasteiger partial charge in [0.15, 0.2) is 0 Å². The molecule has 0 saturated carbocycles. The van der Waals surface area contributed by atoms with Crippen LogP contribution in [0.1, 0.15) is 31.7 Å². The molecular weight excluding hydrogens is 240 g/mol. The second-order valence-electron chi connectivity index (χ2n) is 5.19. The Hall–Kier alpha value is -1.71. The van der Waals surface area contributed by atoms with Gasteiger partial charge in [-0.05, 0) is 50.3 Å². The van der Waals surface area contributed by atoms with Crippen molar-refractivity contribution in [1.82, 2.24) is 10.2 Å². The van der Waals surface area contributed by atoms with Crippen LogP contribution in [-0.4, -0.2) is 35.2 Å². The van der Waals surface area contributed by atoms with Crippen LogP contribution in [0.3, 0.4) is 0 Å². The fourth-order valence-electron chi connectivity index (χ4n) is 2.53. The molecule has 0 aromatic heterocycles. The van der Waals surface area contributed by atoms with Crippen molar-refractivity contribution in [3.8, 4) is 5.75 Å². The number of urea groups is 1. The SMILES string of the molecule is CC1CCCCN1C(=O)NCCc1cccc(O)c1. The maximum atomic E-state index is 12.0. The second-order valence-corrected chi connectivity index (χ2v) is 5.19. The first kappa shape index (κ1) is 13.7. The van der Waals surface area contributed by atoms with Crippen molar-refractivity contribution in [2.24, 2.45) is 0 Å². The smallest absolute Gasteiger partial charge is 0.317 e. The molecule has 1 aromatic carbocycles. The Bertz CT molecular complexity index is 434. The zero-order valence-corrected chi connectivity index (χ0v) is 11.4. The molecule has 0 spiro atoms. The van der Waals surface area contributed by atoms with Gasteiger partial charge in [0.1, 0.15) is 5.75 Å². The zero-order valence-electron chi connectivity index (χ0n) is 11.4. The van der Waals surface area contributed by atoms with Gasteiger partial charge in [0, 0.05) is 19.1 Å². The van der Waals surface area contributed by atoms with Crippen LogP contribution < -0.4 is 5.32 Å². The average molecular weight is 262 g/mol. The molecule has 4 nitrogen and oxygen atoms in total. The van der Waals surface area contributed by atoms with Crippen LogP contribution in [0.2, 0.25) is 0 Å². The molecular formula is C15H22N2O2. The summed E-state index contributed by atoms with van der Waals surface area (Å²) in [6, 6.07) is 7.53. The number of nitrogens with one attached hydrogen (secondary N) is 1. The Balaban J connectivity index is 1.77. The van der Waals surface area contributed by atoms with Crippen molar-refractivity contribution in [3.05, 3.63) is 29.8 Å². The van der Waals surface area contributed by atoms with Crippen LogP contribution in [0.25, 0.3) is 0 Å². The highest BCUT2D eigenvalue weighted by atomic mass is 16.3. The number of amides is 2. The summed E-state index contributed by atoms with van der Waals surface area (Å²) in [5, 5.41) is 12.3. The maximum Gasteiger partial charge on any atom is 0.317 e. The van der Waals surface area contributed by atoms with Crippen molar-refractivity contribution in [2.75, 3.05) is 13.1 Å². The highest BCUT2D eigenvalue weighted by molar-refractivity contribution is 5.74. The molecule has 1 aliphatic heterocycles. The highest BCUT2D eigenvalue weighted by Crippen LogP contribution is 2.16. The fraction of sp³-hybridized carbons (Fsp3) is 0.533. The third-order valence-electron chi connectivity index (χ3n) is 3.66. The molecule has 4 heteroatoms. The molecule has 0 bridgehead atoms. The number of hydrogen-bond acceptors (Lipinski definition) is 2. The number of hydrogen-bond donors (Lipinski definition) is 2. The fourth-order valence-corrected chi connectivity index (χ4v) is 2.53. The molecule has 1 aromatic rings. The zero-order chi connectivity index (χ0) is 13.7. The number of rotatable bonds is 3. The van der Waals surface area contributed by atoms with Crippen LogP contribution in [0.4, 0.5) is 4.79 Å². The summed E-state index contributed by atoms with van der Waals surface area (Å²) in [4.78, 5) is 14.0. The molecule has 1 fully saturated rings. The topological polar surface area (TPSA) is 52.6 Å². The molecule has 0 radical (unpaired) electrons. The molecule has 1 unspecified atom stereocenters. The number of phenolic OH excluding ortho intramolecular Hbond substituents is 1. The Morgan fingerprint density at radius 3 is 3.05 bits per heavy atom. The number of benzene rings is 1. The Morgan fingerprint density at radius 1 is 1.47 bits per heavy atom. The largest absolute Gasteiger partial charge is 0.508 e. The Labute approximate surface area is 114 Å². The van der Waals surface area contributed by atoms with Crippen molar-refractivity contribution < 1.29 is 9.90 Å². The van der Waals surface area contributed by atoms with E-state index in [1.807, 2.05) is 17.0 Å². The summed E-state index contributed by atoms with van der Waals surface area (Å²) in [6.07, 6.45) is 4.15. The van der Waals surface area contributed by atoms with Crippen LogP contribution in [0, 0.1) is 0 Å². The van der Waals surface area contributed by atoms with Crippen LogP contribution in [0.15, 0.2) is 24.3 Å². The van der Waals surface area contributed by atoms with Crippen molar-refractivity contribution in [1.29, 1.82) is 0 Å². The maximum absolute atomic E-state index is 12.0. The van der Waals surface area contributed by atoms with Gasteiger partial charge in [0.25, 0.3) is 0 Å². The van der Waals surface area contributed by atoms with Gasteiger partial charge in [-0.25, -0.2) is 4.79 Å². The molecule has 1 atom stereocenters. The summed E-state index contributed by atoms with van der Waals surface area (Å²) in [5.74, 6) is 0.272. The lowest BCUT2D eigenvalue weighted by molar-refractivity contribution is 0.158. The van der Waals surface area contributed by atoms with Gasteiger partial charge in [-0.15, -0.1) is 0 Å². The molecule has 1 heterocycles. The number of likely N-dealkylation sites (tertiary alicyclic amines) is 1. The molecule has 104 valence electrons. The molecule has 19 heavy (non-hydrogen) atoms.